The van der Waals surface area contributed by atoms with Crippen LogP contribution in [0.4, 0.5) is 5.69 Å². The van der Waals surface area contributed by atoms with Crippen molar-refractivity contribution in [3.63, 3.8) is 0 Å². The summed E-state index contributed by atoms with van der Waals surface area (Å²) in [7, 11) is 8.02. The maximum Gasteiger partial charge on any atom is 0.338 e. The molecule has 0 unspecified atom stereocenters. The number of anilines is 1. The molecule has 0 bridgehead atoms. The number of ether oxygens (including phenoxy) is 1. The quantitative estimate of drug-likeness (QED) is 0.558. The highest BCUT2D eigenvalue weighted by atomic mass is 16.5. The van der Waals surface area contributed by atoms with E-state index in [1.807, 2.05) is 45.2 Å². The van der Waals surface area contributed by atoms with Crippen LogP contribution in [0.5, 0.6) is 0 Å². The van der Waals surface area contributed by atoms with E-state index in [2.05, 4.69) is 4.90 Å². The van der Waals surface area contributed by atoms with Gasteiger partial charge in [-0.25, -0.2) is 4.79 Å². The van der Waals surface area contributed by atoms with Crippen LogP contribution in [-0.2, 0) is 4.74 Å². The molecule has 0 saturated heterocycles. The fraction of sp³-hybridized carbons (Fsp3) is 0.533. The van der Waals surface area contributed by atoms with Crippen molar-refractivity contribution in [3.8, 4) is 0 Å². The molecule has 0 heterocycles. The molecule has 1 aromatic rings. The first kappa shape index (κ1) is 15.5. The number of carbonyl (C=O) groups is 1. The maximum absolute atomic E-state index is 11.8. The lowest BCUT2D eigenvalue weighted by molar-refractivity contribution is 0.0496. The van der Waals surface area contributed by atoms with Gasteiger partial charge < -0.3 is 14.5 Å². The minimum absolute atomic E-state index is 0.241. The summed E-state index contributed by atoms with van der Waals surface area (Å²) >= 11 is 0. The zero-order valence-electron chi connectivity index (χ0n) is 12.3. The summed E-state index contributed by atoms with van der Waals surface area (Å²) in [6.45, 7) is 1.51. The van der Waals surface area contributed by atoms with Crippen LogP contribution in [-0.4, -0.2) is 52.2 Å². The van der Waals surface area contributed by atoms with Gasteiger partial charge >= 0.3 is 5.97 Å². The summed E-state index contributed by atoms with van der Waals surface area (Å²) in [5.41, 5.74) is 1.68. The Morgan fingerprint density at radius 2 is 1.68 bits per heavy atom. The van der Waals surface area contributed by atoms with Crippen LogP contribution >= 0.6 is 0 Å². The van der Waals surface area contributed by atoms with Gasteiger partial charge in [0.25, 0.3) is 0 Å². The fourth-order valence-corrected chi connectivity index (χ4v) is 1.67. The van der Waals surface area contributed by atoms with Gasteiger partial charge in [-0.3, -0.25) is 0 Å². The summed E-state index contributed by atoms with van der Waals surface area (Å²) in [6, 6.07) is 7.44. The van der Waals surface area contributed by atoms with E-state index >= 15 is 0 Å². The topological polar surface area (TPSA) is 32.8 Å². The van der Waals surface area contributed by atoms with Crippen LogP contribution in [0.25, 0.3) is 0 Å². The Balaban J connectivity index is 2.33. The van der Waals surface area contributed by atoms with E-state index in [-0.39, 0.29) is 5.97 Å². The van der Waals surface area contributed by atoms with E-state index in [4.69, 9.17) is 4.74 Å². The van der Waals surface area contributed by atoms with Gasteiger partial charge in [0, 0.05) is 19.8 Å². The number of benzene rings is 1. The normalized spacial score (nSPS) is 10.6. The molecule has 0 saturated carbocycles. The highest BCUT2D eigenvalue weighted by Gasteiger charge is 2.07. The molecule has 0 aliphatic carbocycles. The number of esters is 1. The molecular formula is C15H24N2O2. The van der Waals surface area contributed by atoms with Gasteiger partial charge in [0.1, 0.15) is 0 Å². The van der Waals surface area contributed by atoms with E-state index in [1.54, 1.807) is 12.1 Å². The maximum atomic E-state index is 11.8. The molecule has 0 radical (unpaired) electrons. The number of hydrogen-bond donors (Lipinski definition) is 0. The van der Waals surface area contributed by atoms with Crippen LogP contribution in [0, 0.1) is 0 Å². The van der Waals surface area contributed by atoms with E-state index in [0.29, 0.717) is 12.2 Å². The Bertz CT molecular complexity index is 386. The number of carbonyl (C=O) groups excluding carboxylic acids is 1. The predicted molar refractivity (Wildman–Crippen MR) is 78.8 cm³/mol. The second-order valence-corrected chi connectivity index (χ2v) is 5.09. The fourth-order valence-electron chi connectivity index (χ4n) is 1.67. The zero-order valence-corrected chi connectivity index (χ0v) is 12.3. The van der Waals surface area contributed by atoms with Crippen molar-refractivity contribution in [1.82, 2.24) is 4.90 Å². The summed E-state index contributed by atoms with van der Waals surface area (Å²) in [4.78, 5) is 15.9. The van der Waals surface area contributed by atoms with Crippen molar-refractivity contribution in [1.29, 1.82) is 0 Å². The summed E-state index contributed by atoms with van der Waals surface area (Å²) in [5.74, 6) is -0.241. The molecule has 19 heavy (non-hydrogen) atoms. The second kappa shape index (κ2) is 7.79. The van der Waals surface area contributed by atoms with E-state index in [9.17, 15) is 4.79 Å². The van der Waals surface area contributed by atoms with Crippen molar-refractivity contribution in [2.75, 3.05) is 46.2 Å². The number of rotatable bonds is 7. The third kappa shape index (κ3) is 5.75. The van der Waals surface area contributed by atoms with Crippen LogP contribution in [0.15, 0.2) is 24.3 Å². The number of hydrogen-bond acceptors (Lipinski definition) is 4. The Morgan fingerprint density at radius 3 is 2.21 bits per heavy atom. The van der Waals surface area contributed by atoms with Crippen LogP contribution in [0.2, 0.25) is 0 Å². The standard InChI is InChI=1S/C15H24N2O2/c1-16(2)11-5-6-12-19-15(18)13-7-9-14(10-8-13)17(3)4/h7-10H,5-6,11-12H2,1-4H3. The van der Waals surface area contributed by atoms with Gasteiger partial charge in [0.15, 0.2) is 0 Å². The molecule has 106 valence electrons. The second-order valence-electron chi connectivity index (χ2n) is 5.09. The first-order valence-electron chi connectivity index (χ1n) is 6.60. The highest BCUT2D eigenvalue weighted by molar-refractivity contribution is 5.89. The summed E-state index contributed by atoms with van der Waals surface area (Å²) < 4.78 is 5.24. The SMILES string of the molecule is CN(C)CCCCOC(=O)c1ccc(N(C)C)cc1. The van der Waals surface area contributed by atoms with Crippen LogP contribution < -0.4 is 4.90 Å². The Labute approximate surface area is 116 Å². The van der Waals surface area contributed by atoms with Gasteiger partial charge in [-0.15, -0.1) is 0 Å². The van der Waals surface area contributed by atoms with Gasteiger partial charge in [0.05, 0.1) is 12.2 Å². The monoisotopic (exact) mass is 264 g/mol. The average molecular weight is 264 g/mol. The molecule has 1 aromatic carbocycles. The van der Waals surface area contributed by atoms with E-state index < -0.39 is 0 Å². The van der Waals surface area contributed by atoms with Gasteiger partial charge in [-0.2, -0.15) is 0 Å². The van der Waals surface area contributed by atoms with Gasteiger partial charge in [0.2, 0.25) is 0 Å². The molecule has 0 N–H and O–H groups in total. The third-order valence-electron chi connectivity index (χ3n) is 2.85. The molecule has 0 fully saturated rings. The van der Waals surface area contributed by atoms with Crippen molar-refractivity contribution in [2.24, 2.45) is 0 Å². The third-order valence-corrected chi connectivity index (χ3v) is 2.85. The predicted octanol–water partition coefficient (Wildman–Crippen LogP) is 2.25. The smallest absolute Gasteiger partial charge is 0.338 e. The van der Waals surface area contributed by atoms with Crippen LogP contribution in [0.3, 0.4) is 0 Å². The molecule has 0 spiro atoms. The molecule has 0 aromatic heterocycles. The lowest BCUT2D eigenvalue weighted by atomic mass is 10.2. The highest BCUT2D eigenvalue weighted by Crippen LogP contribution is 2.13. The lowest BCUT2D eigenvalue weighted by Crippen LogP contribution is -2.14. The Morgan fingerprint density at radius 1 is 1.05 bits per heavy atom. The number of unbranched alkanes of at least 4 members (excludes halogenated alkanes) is 1. The molecule has 0 aliphatic heterocycles. The minimum atomic E-state index is -0.241. The summed E-state index contributed by atoms with van der Waals surface area (Å²) in [6.07, 6.45) is 1.94. The minimum Gasteiger partial charge on any atom is -0.462 e. The molecule has 0 amide bonds. The van der Waals surface area contributed by atoms with E-state index in [0.717, 1.165) is 25.1 Å². The zero-order chi connectivity index (χ0) is 14.3. The Hall–Kier alpha value is -1.55. The lowest BCUT2D eigenvalue weighted by Gasteiger charge is -2.12. The first-order valence-corrected chi connectivity index (χ1v) is 6.60. The van der Waals surface area contributed by atoms with Crippen molar-refractivity contribution < 1.29 is 9.53 Å². The van der Waals surface area contributed by atoms with Crippen molar-refractivity contribution >= 4 is 11.7 Å². The molecule has 4 nitrogen and oxygen atoms in total. The van der Waals surface area contributed by atoms with E-state index in [1.165, 1.54) is 0 Å². The number of nitrogens with zero attached hydrogens (tertiary/aromatic N) is 2. The van der Waals surface area contributed by atoms with Crippen molar-refractivity contribution in [3.05, 3.63) is 29.8 Å². The largest absolute Gasteiger partial charge is 0.462 e. The molecule has 4 heteroatoms. The van der Waals surface area contributed by atoms with Crippen LogP contribution in [0.1, 0.15) is 23.2 Å². The molecular weight excluding hydrogens is 240 g/mol. The molecule has 0 atom stereocenters. The molecule has 1 rings (SSSR count). The first-order chi connectivity index (χ1) is 9.00. The van der Waals surface area contributed by atoms with Crippen molar-refractivity contribution in [2.45, 2.75) is 12.8 Å². The Kier molecular flexibility index (Phi) is 6.36. The van der Waals surface area contributed by atoms with Gasteiger partial charge in [-0.1, -0.05) is 0 Å². The van der Waals surface area contributed by atoms with Gasteiger partial charge in [-0.05, 0) is 57.7 Å². The average Bonchev–Trinajstić information content (AvgIpc) is 2.37. The molecule has 0 aliphatic rings. The summed E-state index contributed by atoms with van der Waals surface area (Å²) in [5, 5.41) is 0.